The predicted molar refractivity (Wildman–Crippen MR) is 227 cm³/mol. The van der Waals surface area contributed by atoms with E-state index in [9.17, 15) is 0 Å². The monoisotopic (exact) mass is 684 g/mol. The Morgan fingerprint density at radius 2 is 0.846 bits per heavy atom. The van der Waals surface area contributed by atoms with Crippen molar-refractivity contribution in [3.05, 3.63) is 124 Å². The molecular formula is C49H57BN2. The quantitative estimate of drug-likeness (QED) is 0.167. The number of rotatable bonds is 2. The maximum atomic E-state index is 2.63. The van der Waals surface area contributed by atoms with E-state index in [1.807, 2.05) is 0 Å². The van der Waals surface area contributed by atoms with Gasteiger partial charge in [-0.25, -0.2) is 0 Å². The van der Waals surface area contributed by atoms with E-state index in [-0.39, 0.29) is 28.4 Å². The van der Waals surface area contributed by atoms with Crippen molar-refractivity contribution in [2.75, 3.05) is 9.80 Å². The molecule has 3 heteroatoms. The van der Waals surface area contributed by atoms with E-state index < -0.39 is 0 Å². The molecule has 0 unspecified atom stereocenters. The third-order valence-corrected chi connectivity index (χ3v) is 11.9. The third-order valence-electron chi connectivity index (χ3n) is 11.9. The second-order valence-corrected chi connectivity index (χ2v) is 19.9. The van der Waals surface area contributed by atoms with Gasteiger partial charge in [0.1, 0.15) is 0 Å². The lowest BCUT2D eigenvalue weighted by atomic mass is 9.33. The molecule has 0 N–H and O–H groups in total. The van der Waals surface area contributed by atoms with Crippen molar-refractivity contribution in [1.29, 1.82) is 0 Å². The molecule has 8 rings (SSSR count). The first-order valence-corrected chi connectivity index (χ1v) is 19.6. The molecule has 2 aliphatic heterocycles. The zero-order valence-corrected chi connectivity index (χ0v) is 33.8. The topological polar surface area (TPSA) is 6.48 Å². The van der Waals surface area contributed by atoms with Crippen molar-refractivity contribution in [3.63, 3.8) is 0 Å². The second-order valence-electron chi connectivity index (χ2n) is 19.9. The van der Waals surface area contributed by atoms with E-state index in [2.05, 4.69) is 184 Å². The Morgan fingerprint density at radius 1 is 0.423 bits per heavy atom. The van der Waals surface area contributed by atoms with Gasteiger partial charge < -0.3 is 9.80 Å². The van der Waals surface area contributed by atoms with E-state index in [0.717, 1.165) is 6.42 Å². The van der Waals surface area contributed by atoms with Gasteiger partial charge in [-0.15, -0.1) is 0 Å². The van der Waals surface area contributed by atoms with Crippen LogP contribution in [0.1, 0.15) is 123 Å². The normalized spacial score (nSPS) is 15.3. The van der Waals surface area contributed by atoms with E-state index >= 15 is 0 Å². The van der Waals surface area contributed by atoms with Crippen molar-refractivity contribution < 1.29 is 0 Å². The van der Waals surface area contributed by atoms with E-state index in [0.29, 0.717) is 0 Å². The first kappa shape index (κ1) is 34.8. The van der Waals surface area contributed by atoms with Crippen LogP contribution in [-0.2, 0) is 34.5 Å². The summed E-state index contributed by atoms with van der Waals surface area (Å²) in [6.07, 6.45) is 3.56. The van der Waals surface area contributed by atoms with E-state index in [1.54, 1.807) is 0 Å². The molecule has 0 radical (unpaired) electrons. The van der Waals surface area contributed by atoms with Crippen molar-refractivity contribution in [1.82, 2.24) is 0 Å². The average Bonchev–Trinajstić information content (AvgIpc) is 3.53. The van der Waals surface area contributed by atoms with Gasteiger partial charge in [0.05, 0.1) is 0 Å². The van der Waals surface area contributed by atoms with Crippen molar-refractivity contribution in [2.24, 2.45) is 0 Å². The Kier molecular flexibility index (Phi) is 7.79. The second kappa shape index (κ2) is 11.6. The number of hydrogen-bond donors (Lipinski definition) is 0. The molecule has 0 aromatic heterocycles. The maximum Gasteiger partial charge on any atom is 0.252 e. The van der Waals surface area contributed by atoms with Crippen molar-refractivity contribution >= 4 is 57.2 Å². The van der Waals surface area contributed by atoms with Crippen LogP contribution in [0, 0.1) is 0 Å². The summed E-state index contributed by atoms with van der Waals surface area (Å²) in [5.74, 6) is 0. The summed E-state index contributed by atoms with van der Waals surface area (Å²) in [7, 11) is 0. The van der Waals surface area contributed by atoms with Crippen LogP contribution in [0.15, 0.2) is 91.0 Å². The zero-order chi connectivity index (χ0) is 37.1. The Balaban J connectivity index is 1.46. The number of nitrogens with zero attached hydrogens (tertiary/aromatic N) is 2. The molecule has 0 saturated carbocycles. The molecule has 5 aromatic carbocycles. The Labute approximate surface area is 314 Å². The minimum absolute atomic E-state index is 0.0168. The van der Waals surface area contributed by atoms with Crippen LogP contribution in [-0.4, -0.2) is 6.71 Å². The molecule has 0 atom stereocenters. The SMILES string of the molecule is CC(C)(C)c1cc(N2c3ccccc3B3c4cc5c(cc4N(c4cc(C(C)(C)C)cc(C(C)(C)C)c4)c4cccc2c43)CCC5)cc(C(C)(C)C)c1. The van der Waals surface area contributed by atoms with Gasteiger partial charge in [0.15, 0.2) is 0 Å². The molecule has 1 aliphatic carbocycles. The fourth-order valence-electron chi connectivity index (χ4n) is 8.72. The summed E-state index contributed by atoms with van der Waals surface area (Å²) in [6, 6.07) is 36.2. The Bertz CT molecular complexity index is 2170. The molecule has 0 saturated heterocycles. The minimum Gasteiger partial charge on any atom is -0.311 e. The number of benzene rings is 5. The zero-order valence-electron chi connectivity index (χ0n) is 33.8. The van der Waals surface area contributed by atoms with Crippen LogP contribution in [0.2, 0.25) is 0 Å². The number of para-hydroxylation sites is 1. The molecular weight excluding hydrogens is 627 g/mol. The molecule has 266 valence electrons. The Hall–Kier alpha value is -4.24. The molecule has 0 amide bonds. The summed E-state index contributed by atoms with van der Waals surface area (Å²) < 4.78 is 0. The third kappa shape index (κ3) is 5.71. The van der Waals surface area contributed by atoms with Crippen LogP contribution in [0.4, 0.5) is 34.1 Å². The summed E-state index contributed by atoms with van der Waals surface area (Å²) >= 11 is 0. The number of hydrogen-bond acceptors (Lipinski definition) is 2. The lowest BCUT2D eigenvalue weighted by Crippen LogP contribution is -2.61. The fourth-order valence-corrected chi connectivity index (χ4v) is 8.72. The van der Waals surface area contributed by atoms with E-state index in [4.69, 9.17) is 0 Å². The molecule has 0 spiro atoms. The lowest BCUT2D eigenvalue weighted by Gasteiger charge is -2.45. The van der Waals surface area contributed by atoms with Crippen LogP contribution in [0.25, 0.3) is 0 Å². The fraction of sp³-hybridized carbons (Fsp3) is 0.388. The molecule has 0 bridgehead atoms. The first-order valence-electron chi connectivity index (χ1n) is 19.6. The molecule has 2 nitrogen and oxygen atoms in total. The summed E-state index contributed by atoms with van der Waals surface area (Å²) in [6.45, 7) is 28.3. The van der Waals surface area contributed by atoms with Crippen LogP contribution in [0.5, 0.6) is 0 Å². The molecule has 5 aromatic rings. The number of anilines is 6. The van der Waals surface area contributed by atoms with Crippen LogP contribution in [0.3, 0.4) is 0 Å². The van der Waals surface area contributed by atoms with Gasteiger partial charge in [-0.3, -0.25) is 0 Å². The van der Waals surface area contributed by atoms with Gasteiger partial charge in [-0.1, -0.05) is 126 Å². The van der Waals surface area contributed by atoms with E-state index in [1.165, 1.54) is 96.7 Å². The number of fused-ring (bicyclic) bond motifs is 5. The summed E-state index contributed by atoms with van der Waals surface area (Å²) in [4.78, 5) is 5.21. The highest BCUT2D eigenvalue weighted by Gasteiger charge is 2.44. The first-order chi connectivity index (χ1) is 24.3. The highest BCUT2D eigenvalue weighted by Crippen LogP contribution is 2.47. The van der Waals surface area contributed by atoms with Gasteiger partial charge in [0.25, 0.3) is 6.71 Å². The van der Waals surface area contributed by atoms with Crippen LogP contribution >= 0.6 is 0 Å². The standard InChI is InChI=1S/C49H57BN2/c1-46(2,3)33-25-34(47(4,5)6)28-37(27-33)51-41-20-14-13-19-39(41)50-40-23-31-17-15-18-32(31)24-44(40)52(43-22-16-21-42(51)45(43)50)38-29-35(48(7,8)9)26-36(30-38)49(10,11)12/h13-14,16,19-30H,15,17-18H2,1-12H3. The average molecular weight is 685 g/mol. The van der Waals surface area contributed by atoms with Gasteiger partial charge in [0.2, 0.25) is 0 Å². The highest BCUT2D eigenvalue weighted by molar-refractivity contribution is 7.00. The largest absolute Gasteiger partial charge is 0.311 e. The van der Waals surface area contributed by atoms with Gasteiger partial charge in [0, 0.05) is 34.1 Å². The predicted octanol–water partition coefficient (Wildman–Crippen LogP) is 11.4. The molecule has 3 aliphatic rings. The maximum absolute atomic E-state index is 2.63. The lowest BCUT2D eigenvalue weighted by molar-refractivity contribution is 0.568. The van der Waals surface area contributed by atoms with Crippen molar-refractivity contribution in [2.45, 2.75) is 124 Å². The smallest absolute Gasteiger partial charge is 0.252 e. The Morgan fingerprint density at radius 3 is 1.33 bits per heavy atom. The van der Waals surface area contributed by atoms with Gasteiger partial charge in [-0.2, -0.15) is 0 Å². The minimum atomic E-state index is 0.0168. The highest BCUT2D eigenvalue weighted by atomic mass is 15.2. The molecule has 2 heterocycles. The van der Waals surface area contributed by atoms with Gasteiger partial charge >= 0.3 is 0 Å². The van der Waals surface area contributed by atoms with Crippen LogP contribution < -0.4 is 26.2 Å². The summed E-state index contributed by atoms with van der Waals surface area (Å²) in [5.41, 5.74) is 20.6. The summed E-state index contributed by atoms with van der Waals surface area (Å²) in [5, 5.41) is 0. The molecule has 0 fully saturated rings. The van der Waals surface area contributed by atoms with Crippen molar-refractivity contribution in [3.8, 4) is 0 Å². The van der Waals surface area contributed by atoms with Gasteiger partial charge in [-0.05, 0) is 139 Å². The molecule has 52 heavy (non-hydrogen) atoms. The number of aryl methyl sites for hydroxylation is 2.